The van der Waals surface area contributed by atoms with Crippen LogP contribution in [0.15, 0.2) is 46.7 Å². The Hall–Kier alpha value is -1.83. The molecular formula is C17H21N3O2S2. The predicted molar refractivity (Wildman–Crippen MR) is 99.4 cm³/mol. The summed E-state index contributed by atoms with van der Waals surface area (Å²) < 4.78 is 0. The summed E-state index contributed by atoms with van der Waals surface area (Å²) in [4.78, 5) is 27.6. The van der Waals surface area contributed by atoms with Crippen molar-refractivity contribution in [1.82, 2.24) is 10.2 Å². The molecule has 0 saturated carbocycles. The van der Waals surface area contributed by atoms with E-state index in [1.165, 1.54) is 16.6 Å². The van der Waals surface area contributed by atoms with E-state index >= 15 is 0 Å². The monoisotopic (exact) mass is 363 g/mol. The Bertz CT molecular complexity index is 687. The number of rotatable bonds is 8. The third-order valence-electron chi connectivity index (χ3n) is 3.45. The third-order valence-corrected chi connectivity index (χ3v) is 5.52. The smallest absolute Gasteiger partial charge is 0.252 e. The predicted octanol–water partition coefficient (Wildman–Crippen LogP) is 2.36. The Kier molecular flexibility index (Phi) is 6.84. The lowest BCUT2D eigenvalue weighted by atomic mass is 10.2. The van der Waals surface area contributed by atoms with E-state index in [9.17, 15) is 9.59 Å². The highest BCUT2D eigenvalue weighted by atomic mass is 32.2. The number of amides is 2. The van der Waals surface area contributed by atoms with E-state index < -0.39 is 5.91 Å². The topological polar surface area (TPSA) is 75.4 Å². The van der Waals surface area contributed by atoms with Crippen LogP contribution in [0, 0.1) is 0 Å². The zero-order chi connectivity index (χ0) is 17.5. The summed E-state index contributed by atoms with van der Waals surface area (Å²) in [5, 5.41) is 5.02. The van der Waals surface area contributed by atoms with Crippen molar-refractivity contribution in [2.75, 3.05) is 26.4 Å². The van der Waals surface area contributed by atoms with Gasteiger partial charge in [0.2, 0.25) is 5.91 Å². The lowest BCUT2D eigenvalue weighted by Gasteiger charge is -2.23. The summed E-state index contributed by atoms with van der Waals surface area (Å²) >= 11 is 2.95. The van der Waals surface area contributed by atoms with Gasteiger partial charge in [-0.15, -0.1) is 23.1 Å². The number of thiophene rings is 1. The van der Waals surface area contributed by atoms with Crippen LogP contribution in [0.1, 0.15) is 21.3 Å². The van der Waals surface area contributed by atoms with E-state index in [1.54, 1.807) is 17.4 Å². The first-order chi connectivity index (χ1) is 11.5. The van der Waals surface area contributed by atoms with Crippen molar-refractivity contribution < 1.29 is 9.59 Å². The van der Waals surface area contributed by atoms with Crippen LogP contribution in [-0.4, -0.2) is 43.1 Å². The molecule has 1 atom stereocenters. The molecule has 0 saturated heterocycles. The Morgan fingerprint density at radius 1 is 1.25 bits per heavy atom. The standard InChI is InChI=1S/C17H21N3O2S2/c1-20(2)13(15-8-5-9-23-15)10-19-17(22)12-6-3-4-7-14(12)24-11-16(18)21/h3-9,13H,10-11H2,1-2H3,(H2,18,21)(H,19,22). The van der Waals surface area contributed by atoms with Crippen LogP contribution in [0.4, 0.5) is 0 Å². The van der Waals surface area contributed by atoms with Crippen molar-refractivity contribution in [3.05, 3.63) is 52.2 Å². The number of likely N-dealkylation sites (N-methyl/N-ethyl adjacent to an activating group) is 1. The van der Waals surface area contributed by atoms with Gasteiger partial charge in [0.05, 0.1) is 17.4 Å². The normalized spacial score (nSPS) is 12.1. The van der Waals surface area contributed by atoms with Crippen LogP contribution in [0.5, 0.6) is 0 Å². The molecule has 0 fully saturated rings. The second-order valence-corrected chi connectivity index (χ2v) is 7.45. The van der Waals surface area contributed by atoms with Crippen molar-refractivity contribution in [3.63, 3.8) is 0 Å². The van der Waals surface area contributed by atoms with E-state index in [-0.39, 0.29) is 17.7 Å². The van der Waals surface area contributed by atoms with Crippen molar-refractivity contribution in [2.24, 2.45) is 5.73 Å². The molecule has 7 heteroatoms. The molecule has 0 aliphatic heterocycles. The number of hydrogen-bond donors (Lipinski definition) is 2. The molecule has 2 aromatic rings. The van der Waals surface area contributed by atoms with Crippen LogP contribution < -0.4 is 11.1 Å². The van der Waals surface area contributed by atoms with Gasteiger partial charge in [0, 0.05) is 16.3 Å². The molecule has 0 aliphatic rings. The molecule has 0 radical (unpaired) electrons. The molecule has 1 aromatic carbocycles. The van der Waals surface area contributed by atoms with Gasteiger partial charge >= 0.3 is 0 Å². The Labute approximate surface area is 150 Å². The minimum Gasteiger partial charge on any atom is -0.369 e. The maximum absolute atomic E-state index is 12.6. The molecule has 1 aromatic heterocycles. The van der Waals surface area contributed by atoms with E-state index in [4.69, 9.17) is 5.73 Å². The average Bonchev–Trinajstić information content (AvgIpc) is 3.07. The highest BCUT2D eigenvalue weighted by Gasteiger charge is 2.18. The first-order valence-electron chi connectivity index (χ1n) is 7.47. The molecule has 1 unspecified atom stereocenters. The van der Waals surface area contributed by atoms with Gasteiger partial charge in [-0.1, -0.05) is 18.2 Å². The van der Waals surface area contributed by atoms with Crippen LogP contribution in [-0.2, 0) is 4.79 Å². The number of hydrogen-bond acceptors (Lipinski definition) is 5. The highest BCUT2D eigenvalue weighted by Crippen LogP contribution is 2.24. The molecule has 1 heterocycles. The fourth-order valence-corrected chi connectivity index (χ4v) is 3.94. The number of primary amides is 1. The van der Waals surface area contributed by atoms with Crippen LogP contribution in [0.3, 0.4) is 0 Å². The molecule has 0 spiro atoms. The van der Waals surface area contributed by atoms with E-state index in [0.29, 0.717) is 12.1 Å². The molecule has 24 heavy (non-hydrogen) atoms. The van der Waals surface area contributed by atoms with Gasteiger partial charge in [0.25, 0.3) is 5.91 Å². The van der Waals surface area contributed by atoms with E-state index in [0.717, 1.165) is 4.90 Å². The zero-order valence-electron chi connectivity index (χ0n) is 13.7. The Morgan fingerprint density at radius 2 is 2.00 bits per heavy atom. The van der Waals surface area contributed by atoms with Crippen molar-refractivity contribution in [1.29, 1.82) is 0 Å². The fourth-order valence-electron chi connectivity index (χ4n) is 2.23. The van der Waals surface area contributed by atoms with Crippen LogP contribution in [0.25, 0.3) is 0 Å². The summed E-state index contributed by atoms with van der Waals surface area (Å²) in [5.74, 6) is -0.397. The molecule has 2 rings (SSSR count). The van der Waals surface area contributed by atoms with Crippen LogP contribution in [0.2, 0.25) is 0 Å². The van der Waals surface area contributed by atoms with E-state index in [2.05, 4.69) is 16.3 Å². The van der Waals surface area contributed by atoms with Gasteiger partial charge in [0.1, 0.15) is 0 Å². The lowest BCUT2D eigenvalue weighted by molar-refractivity contribution is -0.115. The molecule has 2 amide bonds. The van der Waals surface area contributed by atoms with Gasteiger partial charge in [-0.2, -0.15) is 0 Å². The molecule has 0 bridgehead atoms. The first kappa shape index (κ1) is 18.5. The number of carbonyl (C=O) groups excluding carboxylic acids is 2. The molecule has 128 valence electrons. The van der Waals surface area contributed by atoms with Crippen molar-refractivity contribution >= 4 is 34.9 Å². The summed E-state index contributed by atoms with van der Waals surface area (Å²) in [6.07, 6.45) is 0. The minimum atomic E-state index is -0.402. The second kappa shape index (κ2) is 8.86. The Morgan fingerprint density at radius 3 is 2.62 bits per heavy atom. The van der Waals surface area contributed by atoms with Crippen LogP contribution >= 0.6 is 23.1 Å². The number of nitrogens with two attached hydrogens (primary N) is 1. The SMILES string of the molecule is CN(C)C(CNC(=O)c1ccccc1SCC(N)=O)c1cccs1. The van der Waals surface area contributed by atoms with Crippen molar-refractivity contribution in [2.45, 2.75) is 10.9 Å². The molecule has 0 aliphatic carbocycles. The fraction of sp³-hybridized carbons (Fsp3) is 0.294. The number of benzene rings is 1. The summed E-state index contributed by atoms with van der Waals surface area (Å²) in [5.41, 5.74) is 5.75. The molecule has 5 nitrogen and oxygen atoms in total. The molecular weight excluding hydrogens is 342 g/mol. The highest BCUT2D eigenvalue weighted by molar-refractivity contribution is 8.00. The van der Waals surface area contributed by atoms with E-state index in [1.807, 2.05) is 43.7 Å². The quantitative estimate of drug-likeness (QED) is 0.706. The summed E-state index contributed by atoms with van der Waals surface area (Å²) in [6.45, 7) is 0.515. The van der Waals surface area contributed by atoms with Gasteiger partial charge in [-0.3, -0.25) is 9.59 Å². The number of nitrogens with one attached hydrogen (secondary N) is 1. The first-order valence-corrected chi connectivity index (χ1v) is 9.33. The molecule has 3 N–H and O–H groups in total. The zero-order valence-corrected chi connectivity index (χ0v) is 15.3. The van der Waals surface area contributed by atoms with Gasteiger partial charge in [-0.25, -0.2) is 0 Å². The largest absolute Gasteiger partial charge is 0.369 e. The number of thioether (sulfide) groups is 1. The minimum absolute atomic E-state index is 0.124. The lowest BCUT2D eigenvalue weighted by Crippen LogP contribution is -2.34. The average molecular weight is 364 g/mol. The second-order valence-electron chi connectivity index (χ2n) is 5.46. The maximum atomic E-state index is 12.6. The van der Waals surface area contributed by atoms with Gasteiger partial charge in [0.15, 0.2) is 0 Å². The number of carbonyl (C=O) groups is 2. The maximum Gasteiger partial charge on any atom is 0.252 e. The van der Waals surface area contributed by atoms with Crippen molar-refractivity contribution in [3.8, 4) is 0 Å². The number of nitrogens with zero attached hydrogens (tertiary/aromatic N) is 1. The Balaban J connectivity index is 2.05. The van der Waals surface area contributed by atoms with Gasteiger partial charge < -0.3 is 16.0 Å². The third kappa shape index (κ3) is 5.09. The summed E-state index contributed by atoms with van der Waals surface area (Å²) in [7, 11) is 3.99. The summed E-state index contributed by atoms with van der Waals surface area (Å²) in [6, 6.07) is 11.4. The van der Waals surface area contributed by atoms with Gasteiger partial charge in [-0.05, 0) is 37.7 Å².